The Hall–Kier alpha value is 0.130. The second-order valence-corrected chi connectivity index (χ2v) is 3.83. The van der Waals surface area contributed by atoms with Gasteiger partial charge in [-0.15, -0.1) is 0 Å². The molecular weight excluding hydrogens is 211 g/mol. The summed E-state index contributed by atoms with van der Waals surface area (Å²) in [6, 6.07) is 5.96. The molecular formula is C9H13NaO3S. The molecule has 0 saturated carbocycles. The first-order chi connectivity index (χ1) is 5.54. The summed E-state index contributed by atoms with van der Waals surface area (Å²) < 4.78 is 31.4. The quantitative estimate of drug-likeness (QED) is 0.468. The van der Waals surface area contributed by atoms with Gasteiger partial charge in [0.1, 0.15) is 10.1 Å². The summed E-state index contributed by atoms with van der Waals surface area (Å²) in [6.07, 6.45) is 0.833. The fourth-order valence-corrected chi connectivity index (χ4v) is 1.36. The second-order valence-electron chi connectivity index (χ2n) is 2.45. The van der Waals surface area contributed by atoms with Crippen LogP contribution in [0.2, 0.25) is 0 Å². The number of benzene rings is 1. The third-order valence-corrected chi connectivity index (χ3v) is 2.47. The van der Waals surface area contributed by atoms with Crippen molar-refractivity contribution >= 4 is 10.1 Å². The fraction of sp³-hybridized carbons (Fsp3) is 0.333. The molecule has 5 heteroatoms. The minimum absolute atomic E-state index is 0. The van der Waals surface area contributed by atoms with E-state index in [-0.39, 0.29) is 41.9 Å². The summed E-state index contributed by atoms with van der Waals surface area (Å²) in [5.41, 5.74) is 1.02. The van der Waals surface area contributed by atoms with E-state index in [4.69, 9.17) is 0 Å². The summed E-state index contributed by atoms with van der Waals surface area (Å²) in [6.45, 7) is 1.96. The van der Waals surface area contributed by atoms with Gasteiger partial charge in [-0.1, -0.05) is 26.5 Å². The van der Waals surface area contributed by atoms with Gasteiger partial charge in [-0.2, -0.15) is 0 Å². The predicted octanol–water partition coefficient (Wildman–Crippen LogP) is -1.21. The standard InChI is InChI=1S/C8H10O3S.CH4.Na/c1-2-7-3-5-8(6-4-7)12(9,10)11;;/h3-6H,2H2,1H3,(H,9,10,11);1H4;/q;;+1/p-1. The molecule has 0 bridgehead atoms. The van der Waals surface area contributed by atoms with Crippen LogP contribution in [0.25, 0.3) is 0 Å². The van der Waals surface area contributed by atoms with Crippen LogP contribution in [0.3, 0.4) is 0 Å². The van der Waals surface area contributed by atoms with Crippen molar-refractivity contribution in [2.24, 2.45) is 0 Å². The number of aryl methyl sites for hydroxylation is 1. The molecule has 0 radical (unpaired) electrons. The molecule has 0 aliphatic heterocycles. The topological polar surface area (TPSA) is 57.2 Å². The summed E-state index contributed by atoms with van der Waals surface area (Å²) in [4.78, 5) is -0.167. The van der Waals surface area contributed by atoms with E-state index in [1.807, 2.05) is 6.92 Å². The number of rotatable bonds is 2. The Labute approximate surface area is 108 Å². The minimum Gasteiger partial charge on any atom is -0.744 e. The molecule has 0 N–H and O–H groups in total. The largest absolute Gasteiger partial charge is 1.00 e. The van der Waals surface area contributed by atoms with E-state index in [2.05, 4.69) is 0 Å². The van der Waals surface area contributed by atoms with Crippen molar-refractivity contribution in [1.82, 2.24) is 0 Å². The van der Waals surface area contributed by atoms with E-state index < -0.39 is 10.1 Å². The van der Waals surface area contributed by atoms with Crippen LogP contribution >= 0.6 is 0 Å². The average Bonchev–Trinajstić information content (AvgIpc) is 2.03. The van der Waals surface area contributed by atoms with Gasteiger partial charge in [-0.25, -0.2) is 8.42 Å². The Kier molecular flexibility index (Phi) is 7.79. The Bertz CT molecular complexity index is 356. The maximum Gasteiger partial charge on any atom is 1.00 e. The van der Waals surface area contributed by atoms with E-state index in [1.54, 1.807) is 12.1 Å². The zero-order valence-corrected chi connectivity index (χ0v) is 10.5. The molecule has 0 saturated heterocycles. The Balaban J connectivity index is 0. The van der Waals surface area contributed by atoms with E-state index in [1.165, 1.54) is 12.1 Å². The molecule has 0 atom stereocenters. The average molecular weight is 224 g/mol. The van der Waals surface area contributed by atoms with Crippen molar-refractivity contribution in [2.75, 3.05) is 0 Å². The first-order valence-electron chi connectivity index (χ1n) is 3.59. The van der Waals surface area contributed by atoms with Crippen LogP contribution < -0.4 is 29.6 Å². The number of hydrogen-bond donors (Lipinski definition) is 0. The second kappa shape index (κ2) is 6.58. The molecule has 0 aromatic heterocycles. The van der Waals surface area contributed by atoms with Crippen molar-refractivity contribution in [3.8, 4) is 0 Å². The van der Waals surface area contributed by atoms with E-state index in [0.717, 1.165) is 12.0 Å². The van der Waals surface area contributed by atoms with Crippen molar-refractivity contribution in [2.45, 2.75) is 25.7 Å². The van der Waals surface area contributed by atoms with Gasteiger partial charge in [0.2, 0.25) is 0 Å². The molecule has 14 heavy (non-hydrogen) atoms. The molecule has 0 spiro atoms. The molecule has 0 heterocycles. The summed E-state index contributed by atoms with van der Waals surface area (Å²) in [5, 5.41) is 0. The van der Waals surface area contributed by atoms with Crippen LogP contribution in [0, 0.1) is 0 Å². The predicted molar refractivity (Wildman–Crippen MR) is 50.5 cm³/mol. The van der Waals surface area contributed by atoms with E-state index in [9.17, 15) is 13.0 Å². The van der Waals surface area contributed by atoms with Gasteiger partial charge < -0.3 is 4.55 Å². The molecule has 3 nitrogen and oxygen atoms in total. The zero-order valence-electron chi connectivity index (χ0n) is 7.65. The molecule has 1 aromatic carbocycles. The zero-order chi connectivity index (χ0) is 9.19. The van der Waals surface area contributed by atoms with Crippen LogP contribution in [-0.4, -0.2) is 13.0 Å². The molecule has 1 rings (SSSR count). The third-order valence-electron chi connectivity index (χ3n) is 1.62. The van der Waals surface area contributed by atoms with Crippen LogP contribution in [0.5, 0.6) is 0 Å². The van der Waals surface area contributed by atoms with Crippen LogP contribution in [0.4, 0.5) is 0 Å². The molecule has 74 valence electrons. The number of hydrogen-bond acceptors (Lipinski definition) is 3. The van der Waals surface area contributed by atoms with E-state index >= 15 is 0 Å². The van der Waals surface area contributed by atoms with Crippen molar-refractivity contribution < 1.29 is 42.5 Å². The summed E-state index contributed by atoms with van der Waals surface area (Å²) in [7, 11) is -4.28. The SMILES string of the molecule is C.CCc1ccc(S(=O)(=O)[O-])cc1.[Na+]. The maximum absolute atomic E-state index is 10.5. The summed E-state index contributed by atoms with van der Waals surface area (Å²) >= 11 is 0. The molecule has 1 aromatic rings. The first kappa shape index (κ1) is 16.6. The Morgan fingerprint density at radius 1 is 1.21 bits per heavy atom. The Morgan fingerprint density at radius 3 is 1.93 bits per heavy atom. The van der Waals surface area contributed by atoms with Gasteiger partial charge in [0.15, 0.2) is 0 Å². The smallest absolute Gasteiger partial charge is 0.744 e. The summed E-state index contributed by atoms with van der Waals surface area (Å²) in [5.74, 6) is 0. The van der Waals surface area contributed by atoms with Gasteiger partial charge in [0, 0.05) is 0 Å². The van der Waals surface area contributed by atoms with Crippen LogP contribution in [-0.2, 0) is 16.5 Å². The third kappa shape index (κ3) is 4.57. The molecule has 0 fully saturated rings. The monoisotopic (exact) mass is 224 g/mol. The Morgan fingerprint density at radius 2 is 1.64 bits per heavy atom. The molecule has 0 amide bonds. The van der Waals surface area contributed by atoms with Gasteiger partial charge >= 0.3 is 29.6 Å². The molecule has 0 aliphatic carbocycles. The normalized spacial score (nSPS) is 9.86. The maximum atomic E-state index is 10.5. The van der Waals surface area contributed by atoms with Gasteiger partial charge in [0.05, 0.1) is 4.90 Å². The van der Waals surface area contributed by atoms with E-state index in [0.29, 0.717) is 0 Å². The first-order valence-corrected chi connectivity index (χ1v) is 4.99. The van der Waals surface area contributed by atoms with Crippen molar-refractivity contribution in [1.29, 1.82) is 0 Å². The van der Waals surface area contributed by atoms with Gasteiger partial charge in [-0.05, 0) is 24.1 Å². The van der Waals surface area contributed by atoms with Crippen molar-refractivity contribution in [3.63, 3.8) is 0 Å². The van der Waals surface area contributed by atoms with Crippen LogP contribution in [0.15, 0.2) is 29.2 Å². The molecule has 0 aliphatic rings. The van der Waals surface area contributed by atoms with Crippen LogP contribution in [0.1, 0.15) is 19.9 Å². The minimum atomic E-state index is -4.28. The fourth-order valence-electron chi connectivity index (χ4n) is 0.892. The molecule has 0 unspecified atom stereocenters. The van der Waals surface area contributed by atoms with Gasteiger partial charge in [-0.3, -0.25) is 0 Å². The van der Waals surface area contributed by atoms with Gasteiger partial charge in [0.25, 0.3) is 0 Å². The van der Waals surface area contributed by atoms with Crippen molar-refractivity contribution in [3.05, 3.63) is 29.8 Å².